The van der Waals surface area contributed by atoms with E-state index >= 15 is 0 Å². The highest BCUT2D eigenvalue weighted by Gasteiger charge is 2.21. The summed E-state index contributed by atoms with van der Waals surface area (Å²) in [4.78, 5) is 3.37. The summed E-state index contributed by atoms with van der Waals surface area (Å²) in [6.07, 6.45) is 3.08. The topological polar surface area (TPSA) is 15.8 Å². The molecule has 3 aromatic carbocycles. The van der Waals surface area contributed by atoms with Gasteiger partial charge in [0.2, 0.25) is 0 Å². The zero-order valence-corrected chi connectivity index (χ0v) is 11.0. The largest absolute Gasteiger partial charge is 0.364 e. The van der Waals surface area contributed by atoms with E-state index in [0.29, 0.717) is 0 Å². The van der Waals surface area contributed by atoms with Crippen molar-refractivity contribution in [3.05, 3.63) is 72.1 Å². The summed E-state index contributed by atoms with van der Waals surface area (Å²) in [6.45, 7) is 0. The summed E-state index contributed by atoms with van der Waals surface area (Å²) in [5, 5.41) is 5.33. The average molecular weight is 255 g/mol. The van der Waals surface area contributed by atoms with Crippen molar-refractivity contribution in [3.63, 3.8) is 0 Å². The number of aromatic amines is 1. The number of rotatable bonds is 0. The molecule has 1 N–H and O–H groups in total. The second kappa shape index (κ2) is 3.51. The van der Waals surface area contributed by atoms with Crippen LogP contribution in [0.5, 0.6) is 0 Å². The Kier molecular flexibility index (Phi) is 1.80. The molecule has 1 nitrogen and oxygen atoms in total. The minimum absolute atomic E-state index is 1.03. The van der Waals surface area contributed by atoms with Crippen molar-refractivity contribution in [1.29, 1.82) is 0 Å². The molecule has 1 aromatic heterocycles. The second-order valence-electron chi connectivity index (χ2n) is 5.57. The van der Waals surface area contributed by atoms with Gasteiger partial charge in [-0.05, 0) is 50.9 Å². The van der Waals surface area contributed by atoms with E-state index in [1.807, 2.05) is 6.20 Å². The zero-order valence-electron chi connectivity index (χ0n) is 11.0. The van der Waals surface area contributed by atoms with Crippen LogP contribution < -0.4 is 0 Å². The summed E-state index contributed by atoms with van der Waals surface area (Å²) in [5.74, 6) is 0. The summed E-state index contributed by atoms with van der Waals surface area (Å²) < 4.78 is 0. The van der Waals surface area contributed by atoms with Crippen molar-refractivity contribution in [3.8, 4) is 11.1 Å². The third-order valence-electron chi connectivity index (χ3n) is 4.44. The van der Waals surface area contributed by atoms with Gasteiger partial charge in [-0.25, -0.2) is 0 Å². The molecule has 0 radical (unpaired) electrons. The van der Waals surface area contributed by atoms with Crippen LogP contribution in [0.2, 0.25) is 0 Å². The van der Waals surface area contributed by atoms with E-state index in [2.05, 4.69) is 59.6 Å². The predicted octanol–water partition coefficient (Wildman–Crippen LogP) is 4.89. The van der Waals surface area contributed by atoms with E-state index in [9.17, 15) is 0 Å². The Morgan fingerprint density at radius 2 is 1.65 bits per heavy atom. The summed E-state index contributed by atoms with van der Waals surface area (Å²) in [6, 6.07) is 20.0. The van der Waals surface area contributed by atoms with Crippen LogP contribution in [0.3, 0.4) is 0 Å². The first-order chi connectivity index (χ1) is 9.90. The molecule has 0 atom stereocenters. The quantitative estimate of drug-likeness (QED) is 0.379. The molecule has 0 spiro atoms. The Labute approximate surface area is 116 Å². The lowest BCUT2D eigenvalue weighted by molar-refractivity contribution is 1.15. The van der Waals surface area contributed by atoms with Crippen LogP contribution in [0.1, 0.15) is 11.3 Å². The van der Waals surface area contributed by atoms with Gasteiger partial charge in [0, 0.05) is 23.9 Å². The minimum Gasteiger partial charge on any atom is -0.364 e. The lowest BCUT2D eigenvalue weighted by atomic mass is 9.96. The van der Waals surface area contributed by atoms with Gasteiger partial charge >= 0.3 is 0 Å². The SMILES string of the molecule is c1ccc2cc3c4c(ccc3cc2c1)Cc1[nH]ccc1-4. The Hall–Kier alpha value is -2.54. The molecule has 5 rings (SSSR count). The first-order valence-corrected chi connectivity index (χ1v) is 7.01. The summed E-state index contributed by atoms with van der Waals surface area (Å²) in [5.41, 5.74) is 5.58. The van der Waals surface area contributed by atoms with Gasteiger partial charge in [-0.15, -0.1) is 0 Å². The fourth-order valence-corrected chi connectivity index (χ4v) is 3.50. The van der Waals surface area contributed by atoms with Crippen molar-refractivity contribution >= 4 is 21.5 Å². The van der Waals surface area contributed by atoms with Gasteiger partial charge < -0.3 is 4.98 Å². The van der Waals surface area contributed by atoms with Crippen molar-refractivity contribution in [2.24, 2.45) is 0 Å². The Morgan fingerprint density at radius 1 is 0.800 bits per heavy atom. The molecule has 1 heterocycles. The number of hydrogen-bond acceptors (Lipinski definition) is 0. The number of aromatic nitrogens is 1. The summed E-state index contributed by atoms with van der Waals surface area (Å²) >= 11 is 0. The number of hydrogen-bond donors (Lipinski definition) is 1. The molecule has 0 saturated heterocycles. The van der Waals surface area contributed by atoms with Gasteiger partial charge in [-0.3, -0.25) is 0 Å². The zero-order chi connectivity index (χ0) is 13.1. The molecule has 0 bridgehead atoms. The predicted molar refractivity (Wildman–Crippen MR) is 84.0 cm³/mol. The Bertz CT molecular complexity index is 976. The maximum atomic E-state index is 3.37. The molecule has 0 saturated carbocycles. The number of benzene rings is 3. The molecule has 94 valence electrons. The molecule has 0 fully saturated rings. The smallest absolute Gasteiger partial charge is 0.0271 e. The van der Waals surface area contributed by atoms with Crippen molar-refractivity contribution < 1.29 is 0 Å². The molecular formula is C19H13N. The average Bonchev–Trinajstić information content (AvgIpc) is 3.05. The van der Waals surface area contributed by atoms with Crippen LogP contribution in [-0.2, 0) is 6.42 Å². The van der Waals surface area contributed by atoms with E-state index in [1.54, 1.807) is 0 Å². The molecule has 1 aliphatic rings. The first-order valence-electron chi connectivity index (χ1n) is 7.01. The maximum Gasteiger partial charge on any atom is 0.0271 e. The molecule has 0 amide bonds. The van der Waals surface area contributed by atoms with Crippen LogP contribution in [0.15, 0.2) is 60.8 Å². The molecule has 1 aliphatic carbocycles. The normalized spacial score (nSPS) is 12.8. The third-order valence-corrected chi connectivity index (χ3v) is 4.44. The maximum absolute atomic E-state index is 3.37. The van der Waals surface area contributed by atoms with Crippen LogP contribution >= 0.6 is 0 Å². The number of H-pyrrole nitrogens is 1. The van der Waals surface area contributed by atoms with Crippen LogP contribution in [0.4, 0.5) is 0 Å². The van der Waals surface area contributed by atoms with E-state index in [-0.39, 0.29) is 0 Å². The minimum atomic E-state index is 1.03. The number of fused-ring (bicyclic) bond motifs is 6. The highest BCUT2D eigenvalue weighted by Crippen LogP contribution is 2.41. The molecule has 1 heteroatoms. The van der Waals surface area contributed by atoms with Gasteiger partial charge in [0.15, 0.2) is 0 Å². The van der Waals surface area contributed by atoms with Gasteiger partial charge in [0.1, 0.15) is 0 Å². The van der Waals surface area contributed by atoms with Crippen molar-refractivity contribution in [2.45, 2.75) is 6.42 Å². The molecular weight excluding hydrogens is 242 g/mol. The standard InChI is InChI=1S/C19H13N/c1-2-4-13-10-17-14(9-12(13)3-1)5-6-15-11-18-16(19(15)17)7-8-20-18/h1-10,20H,11H2. The lowest BCUT2D eigenvalue weighted by Crippen LogP contribution is -1.84. The number of nitrogens with one attached hydrogen (secondary N) is 1. The summed E-state index contributed by atoms with van der Waals surface area (Å²) in [7, 11) is 0. The van der Waals surface area contributed by atoms with Crippen LogP contribution in [0, 0.1) is 0 Å². The van der Waals surface area contributed by atoms with Gasteiger partial charge in [0.25, 0.3) is 0 Å². The highest BCUT2D eigenvalue weighted by molar-refractivity contribution is 6.07. The van der Waals surface area contributed by atoms with Crippen LogP contribution in [-0.4, -0.2) is 4.98 Å². The van der Waals surface area contributed by atoms with Gasteiger partial charge in [-0.1, -0.05) is 36.4 Å². The molecule has 0 aliphatic heterocycles. The van der Waals surface area contributed by atoms with Crippen LogP contribution in [0.25, 0.3) is 32.7 Å². The van der Waals surface area contributed by atoms with E-state index in [0.717, 1.165) is 6.42 Å². The first kappa shape index (κ1) is 10.3. The van der Waals surface area contributed by atoms with E-state index in [4.69, 9.17) is 0 Å². The van der Waals surface area contributed by atoms with Crippen molar-refractivity contribution in [2.75, 3.05) is 0 Å². The molecule has 20 heavy (non-hydrogen) atoms. The molecule has 0 unspecified atom stereocenters. The monoisotopic (exact) mass is 255 g/mol. The van der Waals surface area contributed by atoms with Crippen molar-refractivity contribution in [1.82, 2.24) is 4.98 Å². The fraction of sp³-hybridized carbons (Fsp3) is 0.0526. The van der Waals surface area contributed by atoms with Gasteiger partial charge in [0.05, 0.1) is 0 Å². The molecule has 4 aromatic rings. The Morgan fingerprint density at radius 3 is 2.55 bits per heavy atom. The lowest BCUT2D eigenvalue weighted by Gasteiger charge is -2.08. The van der Waals surface area contributed by atoms with E-state index in [1.165, 1.54) is 43.9 Å². The third kappa shape index (κ3) is 1.22. The van der Waals surface area contributed by atoms with E-state index < -0.39 is 0 Å². The highest BCUT2D eigenvalue weighted by atomic mass is 14.7. The fourth-order valence-electron chi connectivity index (χ4n) is 3.50. The van der Waals surface area contributed by atoms with Gasteiger partial charge in [-0.2, -0.15) is 0 Å². The Balaban J connectivity index is 1.97. The second-order valence-corrected chi connectivity index (χ2v) is 5.57.